The van der Waals surface area contributed by atoms with E-state index in [4.69, 9.17) is 9.47 Å². The normalized spacial score (nSPS) is 17.4. The van der Waals surface area contributed by atoms with Crippen molar-refractivity contribution in [2.75, 3.05) is 11.5 Å². The fourth-order valence-corrected chi connectivity index (χ4v) is 2.60. The molecule has 24 heavy (non-hydrogen) atoms. The standard InChI is InChI=1S/C19H15N2O3/c22-19-17(24-13-21(19)18-7-3-4-10-20-18)12-23-16-9-8-14-5-1-2-6-15(14)11-16/h1-11,13,17H,12H2/q-1. The number of benzene rings is 2. The summed E-state index contributed by atoms with van der Waals surface area (Å²) in [6.07, 6.45) is 0.966. The maximum Gasteiger partial charge on any atom is 0.230 e. The molecule has 5 heteroatoms. The Morgan fingerprint density at radius 1 is 1.08 bits per heavy atom. The number of rotatable bonds is 4. The minimum atomic E-state index is -0.668. The lowest BCUT2D eigenvalue weighted by Gasteiger charge is -2.21. The Hall–Kier alpha value is -2.92. The van der Waals surface area contributed by atoms with Crippen LogP contribution in [0.25, 0.3) is 10.8 Å². The van der Waals surface area contributed by atoms with Gasteiger partial charge in [-0.1, -0.05) is 36.4 Å². The van der Waals surface area contributed by atoms with Gasteiger partial charge in [-0.2, -0.15) is 0 Å². The number of aromatic nitrogens is 1. The van der Waals surface area contributed by atoms with Gasteiger partial charge in [0, 0.05) is 6.20 Å². The average Bonchev–Trinajstić information content (AvgIpc) is 3.01. The summed E-state index contributed by atoms with van der Waals surface area (Å²) in [6, 6.07) is 19.3. The summed E-state index contributed by atoms with van der Waals surface area (Å²) in [5, 5.41) is 2.24. The molecule has 1 saturated heterocycles. The zero-order valence-corrected chi connectivity index (χ0v) is 12.8. The van der Waals surface area contributed by atoms with Crippen LogP contribution in [0.1, 0.15) is 0 Å². The van der Waals surface area contributed by atoms with Crippen molar-refractivity contribution in [2.45, 2.75) is 6.10 Å². The molecule has 1 amide bonds. The number of nitrogens with zero attached hydrogens (tertiary/aromatic N) is 2. The van der Waals surface area contributed by atoms with Gasteiger partial charge in [0.25, 0.3) is 0 Å². The highest BCUT2D eigenvalue weighted by Gasteiger charge is 2.27. The van der Waals surface area contributed by atoms with Gasteiger partial charge in [-0.05, 0) is 35.0 Å². The van der Waals surface area contributed by atoms with Crippen LogP contribution in [-0.2, 0) is 9.53 Å². The highest BCUT2D eigenvalue weighted by atomic mass is 16.6. The molecule has 1 unspecified atom stereocenters. The molecule has 1 aromatic heterocycles. The molecule has 0 aliphatic carbocycles. The predicted octanol–water partition coefficient (Wildman–Crippen LogP) is 3.16. The van der Waals surface area contributed by atoms with Crippen LogP contribution in [0.4, 0.5) is 5.82 Å². The van der Waals surface area contributed by atoms with Gasteiger partial charge in [-0.25, -0.2) is 4.98 Å². The van der Waals surface area contributed by atoms with Gasteiger partial charge in [-0.3, -0.25) is 4.79 Å². The van der Waals surface area contributed by atoms with Crippen molar-refractivity contribution < 1.29 is 14.3 Å². The number of hydrogen-bond donors (Lipinski definition) is 0. The fraction of sp³-hybridized carbons (Fsp3) is 0.105. The summed E-state index contributed by atoms with van der Waals surface area (Å²) in [7, 11) is 0. The predicted molar refractivity (Wildman–Crippen MR) is 90.3 cm³/mol. The highest BCUT2D eigenvalue weighted by molar-refractivity contribution is 5.98. The quantitative estimate of drug-likeness (QED) is 0.693. The van der Waals surface area contributed by atoms with Crippen LogP contribution in [0.15, 0.2) is 66.9 Å². The van der Waals surface area contributed by atoms with Crippen LogP contribution in [0.2, 0.25) is 0 Å². The van der Waals surface area contributed by atoms with E-state index in [0.29, 0.717) is 11.6 Å². The molecule has 0 radical (unpaired) electrons. The van der Waals surface area contributed by atoms with Crippen LogP contribution >= 0.6 is 0 Å². The average molecular weight is 319 g/mol. The molecule has 1 aliphatic heterocycles. The first-order valence-corrected chi connectivity index (χ1v) is 7.66. The first kappa shape index (κ1) is 14.7. The Labute approximate surface area is 139 Å². The van der Waals surface area contributed by atoms with E-state index in [-0.39, 0.29) is 12.5 Å². The van der Waals surface area contributed by atoms with Crippen LogP contribution in [0.5, 0.6) is 5.75 Å². The molecule has 1 atom stereocenters. The van der Waals surface area contributed by atoms with Crippen molar-refractivity contribution in [2.24, 2.45) is 0 Å². The summed E-state index contributed by atoms with van der Waals surface area (Å²) in [6.45, 7) is 1.54. The lowest BCUT2D eigenvalue weighted by atomic mass is 10.1. The maximum atomic E-state index is 12.4. The van der Waals surface area contributed by atoms with Crippen molar-refractivity contribution in [3.8, 4) is 5.75 Å². The monoisotopic (exact) mass is 319 g/mol. The van der Waals surface area contributed by atoms with E-state index in [2.05, 4.69) is 4.98 Å². The fourth-order valence-electron chi connectivity index (χ4n) is 2.60. The Bertz CT molecular complexity index is 867. The van der Waals surface area contributed by atoms with Crippen LogP contribution in [-0.4, -0.2) is 23.6 Å². The number of anilines is 1. The second-order valence-electron chi connectivity index (χ2n) is 5.45. The second kappa shape index (κ2) is 6.29. The summed E-state index contributed by atoms with van der Waals surface area (Å²) >= 11 is 0. The van der Waals surface area contributed by atoms with Crippen molar-refractivity contribution in [1.82, 2.24) is 4.98 Å². The molecule has 0 bridgehead atoms. The smallest absolute Gasteiger partial charge is 0.230 e. The van der Waals surface area contributed by atoms with Gasteiger partial charge < -0.3 is 14.4 Å². The second-order valence-corrected chi connectivity index (χ2v) is 5.45. The number of fused-ring (bicyclic) bond motifs is 1. The van der Waals surface area contributed by atoms with E-state index in [1.54, 1.807) is 18.3 Å². The molecule has 120 valence electrons. The largest absolute Gasteiger partial charge is 0.519 e. The third-order valence-electron chi connectivity index (χ3n) is 3.86. The van der Waals surface area contributed by atoms with Crippen molar-refractivity contribution >= 4 is 22.5 Å². The minimum absolute atomic E-state index is 0.150. The topological polar surface area (TPSA) is 51.7 Å². The molecule has 5 nitrogen and oxygen atoms in total. The van der Waals surface area contributed by atoms with Gasteiger partial charge in [0.05, 0.1) is 0 Å². The third kappa shape index (κ3) is 2.81. The number of amides is 1. The molecule has 0 saturated carbocycles. The Morgan fingerprint density at radius 3 is 2.75 bits per heavy atom. The number of carbonyl (C=O) groups is 1. The van der Waals surface area contributed by atoms with E-state index in [9.17, 15) is 4.79 Å². The van der Waals surface area contributed by atoms with E-state index in [0.717, 1.165) is 10.8 Å². The summed E-state index contributed by atoms with van der Waals surface area (Å²) < 4.78 is 11.2. The first-order valence-electron chi connectivity index (χ1n) is 7.66. The zero-order chi connectivity index (χ0) is 16.4. The molecule has 1 fully saturated rings. The number of pyridine rings is 1. The summed E-state index contributed by atoms with van der Waals surface area (Å²) in [5.41, 5.74) is 0. The molecular formula is C19H15N2O3-. The Balaban J connectivity index is 1.43. The zero-order valence-electron chi connectivity index (χ0n) is 12.8. The van der Waals surface area contributed by atoms with Crippen LogP contribution in [0, 0.1) is 6.73 Å². The molecule has 2 heterocycles. The van der Waals surface area contributed by atoms with Crippen LogP contribution in [0.3, 0.4) is 0 Å². The summed E-state index contributed by atoms with van der Waals surface area (Å²) in [5.74, 6) is 1.06. The van der Waals surface area contributed by atoms with Crippen molar-refractivity contribution in [1.29, 1.82) is 0 Å². The molecular weight excluding hydrogens is 304 g/mol. The molecule has 4 rings (SSSR count). The number of carbonyl (C=O) groups excluding carboxylic acids is 1. The highest BCUT2D eigenvalue weighted by Crippen LogP contribution is 2.24. The minimum Gasteiger partial charge on any atom is -0.519 e. The van der Waals surface area contributed by atoms with Crippen molar-refractivity contribution in [3.05, 3.63) is 73.6 Å². The molecule has 0 N–H and O–H groups in total. The van der Waals surface area contributed by atoms with Crippen LogP contribution < -0.4 is 9.64 Å². The number of ether oxygens (including phenoxy) is 2. The molecule has 3 aromatic rings. The van der Waals surface area contributed by atoms with E-state index in [1.807, 2.05) is 48.5 Å². The third-order valence-corrected chi connectivity index (χ3v) is 3.86. The van der Waals surface area contributed by atoms with Crippen molar-refractivity contribution in [3.63, 3.8) is 0 Å². The molecule has 1 aliphatic rings. The Morgan fingerprint density at radius 2 is 1.92 bits per heavy atom. The maximum absolute atomic E-state index is 12.4. The lowest BCUT2D eigenvalue weighted by molar-refractivity contribution is -0.123. The Kier molecular flexibility index (Phi) is 3.84. The van der Waals surface area contributed by atoms with E-state index in [1.165, 1.54) is 11.6 Å². The van der Waals surface area contributed by atoms with Gasteiger partial charge >= 0.3 is 0 Å². The van der Waals surface area contributed by atoms with Gasteiger partial charge in [0.15, 0.2) is 0 Å². The SMILES string of the molecule is O=C1C(COc2ccc3ccccc3c2)O[CH-]N1c1ccccn1. The lowest BCUT2D eigenvalue weighted by Crippen LogP contribution is -2.32. The molecule has 0 spiro atoms. The van der Waals surface area contributed by atoms with E-state index < -0.39 is 6.10 Å². The van der Waals surface area contributed by atoms with Gasteiger partial charge in [0.2, 0.25) is 5.91 Å². The first-order chi connectivity index (χ1) is 11.8. The van der Waals surface area contributed by atoms with E-state index >= 15 is 0 Å². The summed E-state index contributed by atoms with van der Waals surface area (Å²) in [4.78, 5) is 17.9. The molecule has 2 aromatic carbocycles. The number of hydrogen-bond acceptors (Lipinski definition) is 4. The van der Waals surface area contributed by atoms with Gasteiger partial charge in [0.1, 0.15) is 24.3 Å². The van der Waals surface area contributed by atoms with Gasteiger partial charge in [-0.15, -0.1) is 6.73 Å².